The van der Waals surface area contributed by atoms with Crippen molar-refractivity contribution in [1.29, 1.82) is 0 Å². The number of halogens is 1. The summed E-state index contributed by atoms with van der Waals surface area (Å²) in [5.74, 6) is -0.159. The SMILES string of the molecule is CCCCCCCCCC(CCCCc1ccc(F)cc1)OCOCC. The second-order valence-corrected chi connectivity index (χ2v) is 7.18. The Balaban J connectivity index is 2.16. The molecule has 0 aliphatic carbocycles. The maximum Gasteiger partial charge on any atom is 0.147 e. The van der Waals surface area contributed by atoms with Gasteiger partial charge in [-0.1, -0.05) is 70.4 Å². The van der Waals surface area contributed by atoms with Gasteiger partial charge in [0.1, 0.15) is 12.6 Å². The van der Waals surface area contributed by atoms with Crippen molar-refractivity contribution in [2.45, 2.75) is 97.0 Å². The van der Waals surface area contributed by atoms with Gasteiger partial charge in [-0.25, -0.2) is 4.39 Å². The van der Waals surface area contributed by atoms with Crippen molar-refractivity contribution in [3.63, 3.8) is 0 Å². The van der Waals surface area contributed by atoms with Crippen molar-refractivity contribution < 1.29 is 13.9 Å². The van der Waals surface area contributed by atoms with Gasteiger partial charge in [-0.2, -0.15) is 0 Å². The van der Waals surface area contributed by atoms with Crippen molar-refractivity contribution in [1.82, 2.24) is 0 Å². The topological polar surface area (TPSA) is 18.5 Å². The van der Waals surface area contributed by atoms with E-state index < -0.39 is 0 Å². The second-order valence-electron chi connectivity index (χ2n) is 7.18. The Morgan fingerprint density at radius 2 is 1.42 bits per heavy atom. The fraction of sp³-hybridized carbons (Fsp3) is 0.739. The highest BCUT2D eigenvalue weighted by molar-refractivity contribution is 5.15. The Morgan fingerprint density at radius 1 is 0.808 bits per heavy atom. The molecule has 0 saturated heterocycles. The zero-order valence-electron chi connectivity index (χ0n) is 17.0. The van der Waals surface area contributed by atoms with Gasteiger partial charge in [-0.3, -0.25) is 0 Å². The van der Waals surface area contributed by atoms with Crippen LogP contribution in [0.4, 0.5) is 4.39 Å². The Kier molecular flexibility index (Phi) is 14.5. The van der Waals surface area contributed by atoms with Crippen LogP contribution in [-0.4, -0.2) is 19.5 Å². The molecule has 0 aromatic heterocycles. The van der Waals surface area contributed by atoms with Gasteiger partial charge < -0.3 is 9.47 Å². The van der Waals surface area contributed by atoms with E-state index in [1.165, 1.54) is 50.5 Å². The van der Waals surface area contributed by atoms with E-state index in [0.29, 0.717) is 19.5 Å². The largest absolute Gasteiger partial charge is 0.356 e. The highest BCUT2D eigenvalue weighted by atomic mass is 19.1. The molecule has 150 valence electrons. The van der Waals surface area contributed by atoms with Crippen LogP contribution in [0.1, 0.15) is 90.0 Å². The third-order valence-electron chi connectivity index (χ3n) is 4.88. The molecule has 0 saturated carbocycles. The van der Waals surface area contributed by atoms with E-state index in [1.807, 2.05) is 19.1 Å². The first-order valence-corrected chi connectivity index (χ1v) is 10.7. The summed E-state index contributed by atoms with van der Waals surface area (Å²) in [6.07, 6.45) is 15.2. The van der Waals surface area contributed by atoms with E-state index in [4.69, 9.17) is 9.47 Å². The number of ether oxygens (including phenoxy) is 2. The molecular weight excluding hydrogens is 327 g/mol. The minimum Gasteiger partial charge on any atom is -0.356 e. The van der Waals surface area contributed by atoms with E-state index in [-0.39, 0.29) is 5.82 Å². The molecule has 0 radical (unpaired) electrons. The molecule has 0 fully saturated rings. The second kappa shape index (κ2) is 16.3. The fourth-order valence-corrected chi connectivity index (χ4v) is 3.22. The molecule has 1 aromatic rings. The van der Waals surface area contributed by atoms with E-state index in [1.54, 1.807) is 12.1 Å². The first kappa shape index (κ1) is 23.1. The monoisotopic (exact) mass is 366 g/mol. The third-order valence-corrected chi connectivity index (χ3v) is 4.88. The first-order chi connectivity index (χ1) is 12.8. The molecule has 0 heterocycles. The van der Waals surface area contributed by atoms with Crippen molar-refractivity contribution in [2.24, 2.45) is 0 Å². The number of hydrogen-bond donors (Lipinski definition) is 0. The zero-order chi connectivity index (χ0) is 18.9. The Hall–Kier alpha value is -0.930. The molecule has 1 unspecified atom stereocenters. The Bertz CT molecular complexity index is 419. The molecule has 1 atom stereocenters. The van der Waals surface area contributed by atoms with Crippen molar-refractivity contribution in [3.8, 4) is 0 Å². The molecule has 26 heavy (non-hydrogen) atoms. The van der Waals surface area contributed by atoms with Gasteiger partial charge in [0, 0.05) is 6.61 Å². The number of benzene rings is 1. The lowest BCUT2D eigenvalue weighted by molar-refractivity contribution is -0.0913. The lowest BCUT2D eigenvalue weighted by Crippen LogP contribution is -2.15. The average Bonchev–Trinajstić information content (AvgIpc) is 2.65. The fourth-order valence-electron chi connectivity index (χ4n) is 3.22. The predicted octanol–water partition coefficient (Wildman–Crippen LogP) is 7.06. The summed E-state index contributed by atoms with van der Waals surface area (Å²) in [7, 11) is 0. The van der Waals surface area contributed by atoms with Gasteiger partial charge in [0.05, 0.1) is 6.10 Å². The van der Waals surface area contributed by atoms with Crippen LogP contribution in [0, 0.1) is 5.82 Å². The van der Waals surface area contributed by atoms with Crippen LogP contribution in [0.15, 0.2) is 24.3 Å². The number of aryl methyl sites for hydroxylation is 1. The molecule has 2 nitrogen and oxygen atoms in total. The molecule has 0 aliphatic rings. The highest BCUT2D eigenvalue weighted by Gasteiger charge is 2.09. The minimum atomic E-state index is -0.159. The normalized spacial score (nSPS) is 12.4. The van der Waals surface area contributed by atoms with Crippen LogP contribution in [0.5, 0.6) is 0 Å². The van der Waals surface area contributed by atoms with Gasteiger partial charge in [-0.15, -0.1) is 0 Å². The van der Waals surface area contributed by atoms with Crippen LogP contribution in [-0.2, 0) is 15.9 Å². The van der Waals surface area contributed by atoms with Gasteiger partial charge in [0.2, 0.25) is 0 Å². The lowest BCUT2D eigenvalue weighted by atomic mass is 10.0. The summed E-state index contributed by atoms with van der Waals surface area (Å²) in [4.78, 5) is 0. The van der Waals surface area contributed by atoms with Crippen molar-refractivity contribution in [3.05, 3.63) is 35.6 Å². The van der Waals surface area contributed by atoms with Gasteiger partial charge in [0.15, 0.2) is 0 Å². The van der Waals surface area contributed by atoms with E-state index in [2.05, 4.69) is 6.92 Å². The van der Waals surface area contributed by atoms with Crippen molar-refractivity contribution in [2.75, 3.05) is 13.4 Å². The molecule has 1 rings (SSSR count). The van der Waals surface area contributed by atoms with Crippen LogP contribution in [0.25, 0.3) is 0 Å². The summed E-state index contributed by atoms with van der Waals surface area (Å²) in [5, 5.41) is 0. The maximum absolute atomic E-state index is 12.9. The third kappa shape index (κ3) is 12.4. The van der Waals surface area contributed by atoms with Gasteiger partial charge >= 0.3 is 0 Å². The molecular formula is C23H39FO2. The van der Waals surface area contributed by atoms with Crippen LogP contribution >= 0.6 is 0 Å². The molecule has 1 aromatic carbocycles. The summed E-state index contributed by atoms with van der Waals surface area (Å²) >= 11 is 0. The average molecular weight is 367 g/mol. The summed E-state index contributed by atoms with van der Waals surface area (Å²) < 4.78 is 24.2. The van der Waals surface area contributed by atoms with E-state index in [9.17, 15) is 4.39 Å². The Labute approximate surface area is 160 Å². The van der Waals surface area contributed by atoms with E-state index in [0.717, 1.165) is 32.1 Å². The number of rotatable bonds is 17. The quantitative estimate of drug-likeness (QED) is 0.217. The smallest absolute Gasteiger partial charge is 0.147 e. The summed E-state index contributed by atoms with van der Waals surface area (Å²) in [5.41, 5.74) is 1.21. The minimum absolute atomic E-state index is 0.159. The predicted molar refractivity (Wildman–Crippen MR) is 108 cm³/mol. The van der Waals surface area contributed by atoms with Crippen LogP contribution < -0.4 is 0 Å². The van der Waals surface area contributed by atoms with Crippen LogP contribution in [0.3, 0.4) is 0 Å². The lowest BCUT2D eigenvalue weighted by Gasteiger charge is -2.18. The van der Waals surface area contributed by atoms with Crippen molar-refractivity contribution >= 4 is 0 Å². The standard InChI is InChI=1S/C23H39FO2/c1-3-5-6-7-8-9-10-14-23(26-20-25-4-2)15-12-11-13-21-16-18-22(24)19-17-21/h16-19,23H,3-15,20H2,1-2H3. The molecule has 0 N–H and O–H groups in total. The highest BCUT2D eigenvalue weighted by Crippen LogP contribution is 2.17. The molecule has 0 amide bonds. The molecule has 3 heteroatoms. The summed E-state index contributed by atoms with van der Waals surface area (Å²) in [6, 6.07) is 6.86. The van der Waals surface area contributed by atoms with Crippen LogP contribution in [0.2, 0.25) is 0 Å². The number of unbranched alkanes of at least 4 members (excludes halogenated alkanes) is 7. The first-order valence-electron chi connectivity index (χ1n) is 10.7. The summed E-state index contributed by atoms with van der Waals surface area (Å²) in [6.45, 7) is 5.37. The molecule has 0 bridgehead atoms. The Morgan fingerprint density at radius 3 is 2.08 bits per heavy atom. The van der Waals surface area contributed by atoms with Gasteiger partial charge in [0.25, 0.3) is 0 Å². The number of hydrogen-bond acceptors (Lipinski definition) is 2. The molecule has 0 spiro atoms. The van der Waals surface area contributed by atoms with E-state index >= 15 is 0 Å². The van der Waals surface area contributed by atoms with Gasteiger partial charge in [-0.05, 0) is 50.3 Å². The maximum atomic E-state index is 12.9. The molecule has 0 aliphatic heterocycles. The zero-order valence-corrected chi connectivity index (χ0v) is 17.0.